The number of nitrogens with zero attached hydrogens (tertiary/aromatic N) is 4. The van der Waals surface area contributed by atoms with Crippen LogP contribution in [0, 0.1) is 12.8 Å². The first kappa shape index (κ1) is 29.1. The SMILES string of the molecule is COC(=O)C[N+]1(C)CCC(CCNC(=O)c2ccc(Nc3nccn4c(-c5ccc(OC)cc5)cnc34)cc2C)CC1. The summed E-state index contributed by atoms with van der Waals surface area (Å²) >= 11 is 0. The molecule has 1 aliphatic rings. The van der Waals surface area contributed by atoms with Gasteiger partial charge in [-0.1, -0.05) is 0 Å². The molecule has 3 heterocycles. The van der Waals surface area contributed by atoms with E-state index in [2.05, 4.69) is 27.6 Å². The van der Waals surface area contributed by atoms with Gasteiger partial charge in [0.25, 0.3) is 5.91 Å². The van der Waals surface area contributed by atoms with Crippen molar-refractivity contribution in [1.29, 1.82) is 0 Å². The summed E-state index contributed by atoms with van der Waals surface area (Å²) in [6, 6.07) is 13.5. The van der Waals surface area contributed by atoms with Gasteiger partial charge < -0.3 is 24.6 Å². The predicted octanol–water partition coefficient (Wildman–Crippen LogP) is 4.61. The Bertz CT molecular complexity index is 1560. The molecule has 10 heteroatoms. The fraction of sp³-hybridized carbons (Fsp3) is 0.375. The van der Waals surface area contributed by atoms with Gasteiger partial charge in [-0.15, -0.1) is 0 Å². The summed E-state index contributed by atoms with van der Waals surface area (Å²) < 4.78 is 12.8. The third-order valence-corrected chi connectivity index (χ3v) is 8.28. The number of quaternary nitrogens is 1. The summed E-state index contributed by atoms with van der Waals surface area (Å²) in [7, 11) is 5.20. The van der Waals surface area contributed by atoms with Crippen molar-refractivity contribution in [1.82, 2.24) is 19.7 Å². The van der Waals surface area contributed by atoms with Crippen LogP contribution in [0.25, 0.3) is 16.9 Å². The number of hydrogen-bond acceptors (Lipinski definition) is 7. The van der Waals surface area contributed by atoms with Gasteiger partial charge in [0.05, 0.1) is 46.2 Å². The lowest BCUT2D eigenvalue weighted by Crippen LogP contribution is -2.52. The van der Waals surface area contributed by atoms with Gasteiger partial charge in [-0.3, -0.25) is 9.20 Å². The lowest BCUT2D eigenvalue weighted by molar-refractivity contribution is -0.908. The van der Waals surface area contributed by atoms with E-state index >= 15 is 0 Å². The third-order valence-electron chi connectivity index (χ3n) is 8.28. The van der Waals surface area contributed by atoms with E-state index < -0.39 is 0 Å². The van der Waals surface area contributed by atoms with Crippen LogP contribution in [0.4, 0.5) is 11.5 Å². The quantitative estimate of drug-likeness (QED) is 0.212. The van der Waals surface area contributed by atoms with Crippen LogP contribution in [-0.2, 0) is 9.53 Å². The Morgan fingerprint density at radius 2 is 1.83 bits per heavy atom. The number of piperidine rings is 1. The summed E-state index contributed by atoms with van der Waals surface area (Å²) in [5.74, 6) is 1.74. The second-order valence-electron chi connectivity index (χ2n) is 11.3. The number of likely N-dealkylation sites (tertiary alicyclic amines) is 1. The Labute approximate surface area is 246 Å². The minimum absolute atomic E-state index is 0.0706. The maximum Gasteiger partial charge on any atom is 0.361 e. The smallest absolute Gasteiger partial charge is 0.361 e. The summed E-state index contributed by atoms with van der Waals surface area (Å²) in [6.45, 7) is 4.89. The van der Waals surface area contributed by atoms with Crippen LogP contribution in [0.1, 0.15) is 35.2 Å². The normalized spacial score (nSPS) is 18.4. The first-order chi connectivity index (χ1) is 20.3. The highest BCUT2D eigenvalue weighted by Gasteiger charge is 2.32. The number of esters is 1. The lowest BCUT2D eigenvalue weighted by Gasteiger charge is -2.39. The minimum Gasteiger partial charge on any atom is -0.497 e. The zero-order chi connectivity index (χ0) is 29.7. The molecule has 0 radical (unpaired) electrons. The molecule has 2 aromatic carbocycles. The Morgan fingerprint density at radius 3 is 2.52 bits per heavy atom. The molecule has 0 unspecified atom stereocenters. The van der Waals surface area contributed by atoms with E-state index in [9.17, 15) is 9.59 Å². The van der Waals surface area contributed by atoms with E-state index in [1.807, 2.05) is 66.2 Å². The van der Waals surface area contributed by atoms with Crippen LogP contribution in [-0.4, -0.2) is 78.2 Å². The maximum atomic E-state index is 13.0. The zero-order valence-electron chi connectivity index (χ0n) is 24.7. The number of hydrogen-bond donors (Lipinski definition) is 2. The molecule has 1 aliphatic heterocycles. The maximum absolute atomic E-state index is 13.0. The number of likely N-dealkylation sites (N-methyl/N-ethyl adjacent to an activating group) is 1. The molecule has 0 atom stereocenters. The van der Waals surface area contributed by atoms with Crippen molar-refractivity contribution in [2.45, 2.75) is 26.2 Å². The van der Waals surface area contributed by atoms with Gasteiger partial charge in [-0.25, -0.2) is 14.8 Å². The molecule has 1 fully saturated rings. The summed E-state index contributed by atoms with van der Waals surface area (Å²) in [4.78, 5) is 33.8. The first-order valence-corrected chi connectivity index (χ1v) is 14.3. The molecular formula is C32H39N6O4+. The van der Waals surface area contributed by atoms with Gasteiger partial charge in [0.2, 0.25) is 0 Å². The Hall–Kier alpha value is -4.44. The van der Waals surface area contributed by atoms with Crippen LogP contribution in [0.3, 0.4) is 0 Å². The molecule has 1 saturated heterocycles. The van der Waals surface area contributed by atoms with Crippen molar-refractivity contribution >= 4 is 29.0 Å². The van der Waals surface area contributed by atoms with Crippen molar-refractivity contribution in [2.24, 2.45) is 5.92 Å². The molecular weight excluding hydrogens is 532 g/mol. The van der Waals surface area contributed by atoms with Crippen LogP contribution in [0.15, 0.2) is 61.1 Å². The van der Waals surface area contributed by atoms with Crippen LogP contribution >= 0.6 is 0 Å². The van der Waals surface area contributed by atoms with Crippen molar-refractivity contribution in [3.63, 3.8) is 0 Å². The molecule has 10 nitrogen and oxygen atoms in total. The number of carbonyl (C=O) groups excluding carboxylic acids is 2. The molecule has 0 spiro atoms. The minimum atomic E-state index is -0.159. The number of fused-ring (bicyclic) bond motifs is 1. The number of nitrogens with one attached hydrogen (secondary N) is 2. The number of aryl methyl sites for hydroxylation is 1. The number of methoxy groups -OCH3 is 2. The number of amides is 1. The average molecular weight is 572 g/mol. The van der Waals surface area contributed by atoms with Gasteiger partial charge in [-0.05, 0) is 80.1 Å². The highest BCUT2D eigenvalue weighted by molar-refractivity contribution is 5.96. The van der Waals surface area contributed by atoms with Crippen LogP contribution < -0.4 is 15.4 Å². The van der Waals surface area contributed by atoms with Crippen molar-refractivity contribution in [3.05, 3.63) is 72.2 Å². The molecule has 0 saturated carbocycles. The van der Waals surface area contributed by atoms with Gasteiger partial charge in [-0.2, -0.15) is 0 Å². The summed E-state index contributed by atoms with van der Waals surface area (Å²) in [5.41, 5.74) is 5.03. The van der Waals surface area contributed by atoms with Crippen LogP contribution in [0.5, 0.6) is 5.75 Å². The second kappa shape index (κ2) is 12.6. The highest BCUT2D eigenvalue weighted by Crippen LogP contribution is 2.28. The zero-order valence-corrected chi connectivity index (χ0v) is 24.7. The largest absolute Gasteiger partial charge is 0.497 e. The molecule has 0 bridgehead atoms. The summed E-state index contributed by atoms with van der Waals surface area (Å²) in [5, 5.41) is 6.46. The Kier molecular flexibility index (Phi) is 8.72. The van der Waals surface area contributed by atoms with E-state index in [1.54, 1.807) is 13.3 Å². The predicted molar refractivity (Wildman–Crippen MR) is 162 cm³/mol. The fourth-order valence-electron chi connectivity index (χ4n) is 5.67. The Morgan fingerprint density at radius 1 is 1.07 bits per heavy atom. The van der Waals surface area contributed by atoms with E-state index in [1.165, 1.54) is 7.11 Å². The van der Waals surface area contributed by atoms with E-state index in [0.29, 0.717) is 36.0 Å². The number of aromatic nitrogens is 3. The number of imidazole rings is 1. The van der Waals surface area contributed by atoms with Gasteiger partial charge in [0.15, 0.2) is 18.0 Å². The molecule has 2 aromatic heterocycles. The summed E-state index contributed by atoms with van der Waals surface area (Å²) in [6.07, 6.45) is 8.48. The molecule has 5 rings (SSSR count). The fourth-order valence-corrected chi connectivity index (χ4v) is 5.67. The topological polar surface area (TPSA) is 107 Å². The molecule has 4 aromatic rings. The van der Waals surface area contributed by atoms with Crippen molar-refractivity contribution in [3.8, 4) is 17.0 Å². The first-order valence-electron chi connectivity index (χ1n) is 14.3. The number of benzene rings is 2. The van der Waals surface area contributed by atoms with Crippen LogP contribution in [0.2, 0.25) is 0 Å². The third kappa shape index (κ3) is 6.54. The van der Waals surface area contributed by atoms with E-state index in [0.717, 1.165) is 65.1 Å². The molecule has 220 valence electrons. The van der Waals surface area contributed by atoms with Gasteiger partial charge >= 0.3 is 5.97 Å². The molecule has 0 aliphatic carbocycles. The van der Waals surface area contributed by atoms with E-state index in [-0.39, 0.29) is 11.9 Å². The Balaban J connectivity index is 1.17. The standard InChI is InChI=1S/C32H38N6O4/c1-22-19-25(36-30-31-35-20-28(37(31)16-15-33-30)24-5-8-26(41-3)9-6-24)7-10-27(22)32(40)34-14-11-23-12-17-38(2,18-13-23)21-29(39)42-4/h5-10,15-16,19-20,23H,11-14,17-18,21H2,1-4H3,(H-,33,34,36,40)/p+1. The van der Waals surface area contributed by atoms with E-state index in [4.69, 9.17) is 9.47 Å². The number of ether oxygens (including phenoxy) is 2. The van der Waals surface area contributed by atoms with Crippen molar-refractivity contribution < 1.29 is 23.5 Å². The number of anilines is 2. The number of carbonyl (C=O) groups is 2. The molecule has 1 amide bonds. The average Bonchev–Trinajstić information content (AvgIpc) is 3.43. The number of rotatable bonds is 10. The molecule has 2 N–H and O–H groups in total. The second-order valence-corrected chi connectivity index (χ2v) is 11.3. The highest BCUT2D eigenvalue weighted by atomic mass is 16.5. The lowest BCUT2D eigenvalue weighted by atomic mass is 9.92. The van der Waals surface area contributed by atoms with Crippen molar-refractivity contribution in [2.75, 3.05) is 52.8 Å². The monoisotopic (exact) mass is 571 g/mol. The van der Waals surface area contributed by atoms with Gasteiger partial charge in [0, 0.05) is 35.8 Å². The molecule has 42 heavy (non-hydrogen) atoms. The van der Waals surface area contributed by atoms with Gasteiger partial charge in [0.1, 0.15) is 5.75 Å².